The smallest absolute Gasteiger partial charge is 0.416 e. The van der Waals surface area contributed by atoms with E-state index in [1.165, 1.54) is 13.2 Å². The number of carbonyl (C=O) groups excluding carboxylic acids is 2. The first-order valence-electron chi connectivity index (χ1n) is 11.1. The minimum atomic E-state index is -4.40. The van der Waals surface area contributed by atoms with Crippen LogP contribution in [0.15, 0.2) is 42.5 Å². The SMILES string of the molecule is COC(=O)c1[nH]c2ccc(Cl)cc2c1NC(=O)[C@H](C)[NH+]1CCN(c2cccc(C(F)(F)F)c2)CC1. The Morgan fingerprint density at radius 1 is 1.17 bits per heavy atom. The zero-order valence-electron chi connectivity index (χ0n) is 19.1. The van der Waals surface area contributed by atoms with Crippen LogP contribution >= 0.6 is 11.6 Å². The predicted molar refractivity (Wildman–Crippen MR) is 127 cm³/mol. The lowest BCUT2D eigenvalue weighted by Crippen LogP contribution is -3.19. The Bertz CT molecular complexity index is 1250. The number of aromatic amines is 1. The molecule has 35 heavy (non-hydrogen) atoms. The van der Waals surface area contributed by atoms with Gasteiger partial charge in [0.25, 0.3) is 5.91 Å². The van der Waals surface area contributed by atoms with E-state index >= 15 is 0 Å². The molecule has 1 fully saturated rings. The molecule has 0 spiro atoms. The Morgan fingerprint density at radius 2 is 1.89 bits per heavy atom. The van der Waals surface area contributed by atoms with Crippen LogP contribution in [0.5, 0.6) is 0 Å². The van der Waals surface area contributed by atoms with Crippen LogP contribution in [0.2, 0.25) is 5.02 Å². The van der Waals surface area contributed by atoms with Crippen molar-refractivity contribution >= 4 is 45.8 Å². The van der Waals surface area contributed by atoms with Crippen molar-refractivity contribution in [2.24, 2.45) is 0 Å². The van der Waals surface area contributed by atoms with Crippen molar-refractivity contribution < 1.29 is 32.4 Å². The molecule has 0 saturated carbocycles. The summed E-state index contributed by atoms with van der Waals surface area (Å²) in [6, 6.07) is 9.84. The number of rotatable bonds is 5. The largest absolute Gasteiger partial charge is 0.464 e. The second-order valence-electron chi connectivity index (χ2n) is 8.46. The molecule has 7 nitrogen and oxygen atoms in total. The van der Waals surface area contributed by atoms with E-state index in [1.54, 1.807) is 31.2 Å². The van der Waals surface area contributed by atoms with Crippen LogP contribution in [0, 0.1) is 0 Å². The topological polar surface area (TPSA) is 78.9 Å². The van der Waals surface area contributed by atoms with E-state index in [-0.39, 0.29) is 11.6 Å². The fourth-order valence-electron chi connectivity index (χ4n) is 4.33. The summed E-state index contributed by atoms with van der Waals surface area (Å²) in [5, 5.41) is 3.89. The lowest BCUT2D eigenvalue weighted by atomic mass is 10.1. The van der Waals surface area contributed by atoms with E-state index < -0.39 is 23.8 Å². The summed E-state index contributed by atoms with van der Waals surface area (Å²) in [5.41, 5.74) is 0.870. The van der Waals surface area contributed by atoms with Gasteiger partial charge in [0.2, 0.25) is 0 Å². The van der Waals surface area contributed by atoms with Crippen molar-refractivity contribution in [1.82, 2.24) is 4.98 Å². The number of carbonyl (C=O) groups is 2. The number of piperazine rings is 1. The molecule has 1 aliphatic heterocycles. The minimum absolute atomic E-state index is 0.120. The number of halogens is 4. The van der Waals surface area contributed by atoms with Gasteiger partial charge in [-0.2, -0.15) is 13.2 Å². The highest BCUT2D eigenvalue weighted by Gasteiger charge is 2.33. The molecule has 0 unspecified atom stereocenters. The van der Waals surface area contributed by atoms with Gasteiger partial charge < -0.3 is 24.8 Å². The average Bonchev–Trinajstić information content (AvgIpc) is 3.20. The summed E-state index contributed by atoms with van der Waals surface area (Å²) < 4.78 is 44.0. The summed E-state index contributed by atoms with van der Waals surface area (Å²) in [5.74, 6) is -0.916. The van der Waals surface area contributed by atoms with Gasteiger partial charge in [0, 0.05) is 21.6 Å². The summed E-state index contributed by atoms with van der Waals surface area (Å²) in [7, 11) is 1.25. The molecular weight excluding hydrogens is 485 g/mol. The number of alkyl halides is 3. The first-order chi connectivity index (χ1) is 16.6. The molecule has 1 aromatic heterocycles. The number of esters is 1. The number of amides is 1. The number of hydrogen-bond acceptors (Lipinski definition) is 4. The van der Waals surface area contributed by atoms with Crippen molar-refractivity contribution in [2.45, 2.75) is 19.1 Å². The van der Waals surface area contributed by atoms with Crippen molar-refractivity contribution in [3.05, 3.63) is 58.7 Å². The second kappa shape index (κ2) is 9.79. The molecule has 4 rings (SSSR count). The summed E-state index contributed by atoms with van der Waals surface area (Å²) in [6.45, 7) is 3.92. The monoisotopic (exact) mass is 509 g/mol. The molecule has 2 aromatic carbocycles. The lowest BCUT2D eigenvalue weighted by molar-refractivity contribution is -0.914. The fraction of sp³-hybridized carbons (Fsp3) is 0.333. The summed E-state index contributed by atoms with van der Waals surface area (Å²) >= 11 is 6.12. The van der Waals surface area contributed by atoms with E-state index in [4.69, 9.17) is 16.3 Å². The minimum Gasteiger partial charge on any atom is -0.464 e. The number of hydrogen-bond donors (Lipinski definition) is 3. The molecule has 1 saturated heterocycles. The Morgan fingerprint density at radius 3 is 2.54 bits per heavy atom. The zero-order chi connectivity index (χ0) is 25.3. The third kappa shape index (κ3) is 5.23. The van der Waals surface area contributed by atoms with Gasteiger partial charge in [0.15, 0.2) is 6.04 Å². The number of anilines is 2. The standard InChI is InChI=1S/C24H24ClF3N4O3/c1-14(31-8-10-32(11-9-31)17-5-3-4-15(12-17)24(26,27)28)22(33)30-20-18-13-16(25)6-7-19(18)29-21(20)23(34)35-2/h3-7,12-14,29H,8-11H2,1-2H3,(H,30,33)/p+1/t14-/m0/s1. The highest BCUT2D eigenvalue weighted by molar-refractivity contribution is 6.31. The molecule has 1 atom stereocenters. The molecule has 1 amide bonds. The third-order valence-corrected chi connectivity index (χ3v) is 6.58. The maximum atomic E-state index is 13.1. The maximum absolute atomic E-state index is 13.1. The van der Waals surface area contributed by atoms with Crippen LogP contribution in [0.25, 0.3) is 10.9 Å². The van der Waals surface area contributed by atoms with E-state index in [2.05, 4.69) is 10.3 Å². The molecule has 3 N–H and O–H groups in total. The van der Waals surface area contributed by atoms with Gasteiger partial charge in [0.05, 0.1) is 44.5 Å². The van der Waals surface area contributed by atoms with Gasteiger partial charge in [0.1, 0.15) is 5.69 Å². The Hall–Kier alpha value is -3.24. The van der Waals surface area contributed by atoms with Crippen LogP contribution in [0.3, 0.4) is 0 Å². The summed E-state index contributed by atoms with van der Waals surface area (Å²) in [6.07, 6.45) is -4.40. The Kier molecular flexibility index (Phi) is 6.95. The average molecular weight is 510 g/mol. The number of aromatic nitrogens is 1. The van der Waals surface area contributed by atoms with Crippen molar-refractivity contribution in [1.29, 1.82) is 0 Å². The number of ether oxygens (including phenoxy) is 1. The van der Waals surface area contributed by atoms with Crippen LogP contribution in [0.4, 0.5) is 24.5 Å². The van der Waals surface area contributed by atoms with Gasteiger partial charge >= 0.3 is 12.1 Å². The number of H-pyrrole nitrogens is 1. The number of methoxy groups -OCH3 is 1. The fourth-order valence-corrected chi connectivity index (χ4v) is 4.50. The van der Waals surface area contributed by atoms with E-state index in [1.807, 2.05) is 4.90 Å². The van der Waals surface area contributed by atoms with E-state index in [9.17, 15) is 22.8 Å². The molecule has 2 heterocycles. The third-order valence-electron chi connectivity index (χ3n) is 6.35. The van der Waals surface area contributed by atoms with Crippen molar-refractivity contribution in [3.63, 3.8) is 0 Å². The highest BCUT2D eigenvalue weighted by atomic mass is 35.5. The van der Waals surface area contributed by atoms with Crippen LogP contribution in [-0.2, 0) is 15.7 Å². The highest BCUT2D eigenvalue weighted by Crippen LogP contribution is 2.32. The molecule has 0 aliphatic carbocycles. The van der Waals surface area contributed by atoms with Gasteiger partial charge in [-0.25, -0.2) is 4.79 Å². The number of quaternary nitrogens is 1. The van der Waals surface area contributed by atoms with Crippen molar-refractivity contribution in [2.75, 3.05) is 43.5 Å². The van der Waals surface area contributed by atoms with Gasteiger partial charge in [-0.1, -0.05) is 17.7 Å². The number of benzene rings is 2. The second-order valence-corrected chi connectivity index (χ2v) is 8.90. The van der Waals surface area contributed by atoms with Gasteiger partial charge in [-0.05, 0) is 43.3 Å². The van der Waals surface area contributed by atoms with E-state index in [0.717, 1.165) is 17.0 Å². The Balaban J connectivity index is 1.46. The molecule has 186 valence electrons. The molecule has 0 radical (unpaired) electrons. The number of fused-ring (bicyclic) bond motifs is 1. The normalized spacial score (nSPS) is 15.8. The van der Waals surface area contributed by atoms with Crippen LogP contribution in [0.1, 0.15) is 23.0 Å². The quantitative estimate of drug-likeness (QED) is 0.461. The summed E-state index contributed by atoms with van der Waals surface area (Å²) in [4.78, 5) is 31.3. The number of nitrogens with zero attached hydrogens (tertiary/aromatic N) is 1. The van der Waals surface area contributed by atoms with Gasteiger partial charge in [-0.3, -0.25) is 4.79 Å². The van der Waals surface area contributed by atoms with Crippen LogP contribution in [-0.4, -0.2) is 56.2 Å². The maximum Gasteiger partial charge on any atom is 0.416 e. The Labute approximate surface area is 204 Å². The first-order valence-corrected chi connectivity index (χ1v) is 11.4. The predicted octanol–water partition coefficient (Wildman–Crippen LogP) is 3.36. The zero-order valence-corrected chi connectivity index (χ0v) is 19.9. The number of nitrogens with one attached hydrogen (secondary N) is 3. The van der Waals surface area contributed by atoms with Gasteiger partial charge in [-0.15, -0.1) is 0 Å². The molecule has 0 bridgehead atoms. The molecule has 11 heteroatoms. The van der Waals surface area contributed by atoms with E-state index in [0.29, 0.717) is 53.5 Å². The lowest BCUT2D eigenvalue weighted by Gasteiger charge is -2.36. The molecule has 3 aromatic rings. The van der Waals surface area contributed by atoms with Crippen molar-refractivity contribution in [3.8, 4) is 0 Å². The van der Waals surface area contributed by atoms with Crippen LogP contribution < -0.4 is 15.1 Å². The molecule has 1 aliphatic rings. The molecular formula is C24H25ClF3N4O3+. The first kappa shape index (κ1) is 24.9.